The molecule has 2 heterocycles. The summed E-state index contributed by atoms with van der Waals surface area (Å²) in [6.45, 7) is 19.9. The maximum Gasteiger partial charge on any atom is 0.330 e. The first-order valence-corrected chi connectivity index (χ1v) is 9.05. The summed E-state index contributed by atoms with van der Waals surface area (Å²) in [6.07, 6.45) is 9.09. The van der Waals surface area contributed by atoms with Crippen LogP contribution in [-0.4, -0.2) is 48.1 Å². The van der Waals surface area contributed by atoms with Crippen LogP contribution in [0.25, 0.3) is 0 Å². The molecule has 0 spiro atoms. The Labute approximate surface area is 144 Å². The molecule has 1 fully saturated rings. The van der Waals surface area contributed by atoms with Gasteiger partial charge in [0.15, 0.2) is 0 Å². The molecule has 5 heteroatoms. The molecule has 2 aliphatic rings. The lowest BCUT2D eigenvalue weighted by molar-refractivity contribution is 0.119. The van der Waals surface area contributed by atoms with Crippen molar-refractivity contribution in [1.29, 1.82) is 0 Å². The Kier molecular flexibility index (Phi) is 5.52. The molecule has 0 saturated carbocycles. The monoisotopic (exact) mass is 313 g/mol. The molecule has 2 rings (SSSR count). The molecule has 2 aliphatic heterocycles. The van der Waals surface area contributed by atoms with Crippen LogP contribution in [0.15, 0.2) is 36.1 Å². The van der Waals surface area contributed by atoms with Crippen LogP contribution in [0, 0.1) is 5.41 Å². The van der Waals surface area contributed by atoms with E-state index in [1.54, 1.807) is 0 Å². The average Bonchev–Trinajstić information content (AvgIpc) is 2.71. The first-order valence-electron chi connectivity index (χ1n) is 9.05. The molecule has 0 amide bonds. The van der Waals surface area contributed by atoms with Crippen molar-refractivity contribution in [2.24, 2.45) is 5.41 Å². The Morgan fingerprint density at radius 3 is 2.48 bits per heavy atom. The molecule has 0 radical (unpaired) electrons. The summed E-state index contributed by atoms with van der Waals surface area (Å²) in [6, 6.07) is 0. The number of unbranched alkanes of at least 4 members (excludes halogenated alkanes) is 1. The molecule has 0 aromatic rings. The molecule has 0 aliphatic carbocycles. The van der Waals surface area contributed by atoms with E-state index in [4.69, 9.17) is 0 Å². The van der Waals surface area contributed by atoms with Crippen LogP contribution in [0.3, 0.4) is 0 Å². The first-order chi connectivity index (χ1) is 10.8. The fraction of sp³-hybridized carbons (Fsp3) is 0.667. The topological polar surface area (TPSA) is 9.72 Å². The number of nitrogens with zero attached hydrogens (tertiary/aromatic N) is 3. The van der Waals surface area contributed by atoms with Gasteiger partial charge in [0.05, 0.1) is 6.17 Å². The van der Waals surface area contributed by atoms with Gasteiger partial charge >= 0.3 is 6.98 Å². The van der Waals surface area contributed by atoms with E-state index in [1.807, 2.05) is 6.08 Å². The summed E-state index contributed by atoms with van der Waals surface area (Å²) in [4.78, 5) is 5.17. The number of rotatable bonds is 5. The Morgan fingerprint density at radius 1 is 1.26 bits per heavy atom. The Hall–Kier alpha value is -0.930. The van der Waals surface area contributed by atoms with Gasteiger partial charge in [-0.2, -0.15) is 0 Å². The van der Waals surface area contributed by atoms with Crippen LogP contribution >= 0.6 is 0 Å². The fourth-order valence-electron chi connectivity index (χ4n) is 4.30. The second-order valence-electron chi connectivity index (χ2n) is 7.63. The zero-order chi connectivity index (χ0) is 17.4. The third-order valence-corrected chi connectivity index (χ3v) is 6.04. The lowest BCUT2D eigenvalue weighted by atomic mass is 9.55. The van der Waals surface area contributed by atoms with Crippen molar-refractivity contribution in [2.45, 2.75) is 60.3 Å². The van der Waals surface area contributed by atoms with E-state index < -0.39 is 0 Å². The molecular weight excluding hydrogens is 280 g/mol. The highest BCUT2D eigenvalue weighted by Crippen LogP contribution is 2.48. The Morgan fingerprint density at radius 2 is 1.91 bits per heavy atom. The van der Waals surface area contributed by atoms with Crippen molar-refractivity contribution in [3.8, 4) is 0 Å². The van der Waals surface area contributed by atoms with E-state index in [9.17, 15) is 0 Å². The van der Waals surface area contributed by atoms with Crippen molar-refractivity contribution < 1.29 is 0 Å². The van der Waals surface area contributed by atoms with Gasteiger partial charge in [-0.25, -0.2) is 0 Å². The molecule has 1 saturated heterocycles. The lowest BCUT2D eigenvalue weighted by Crippen LogP contribution is -2.73. The van der Waals surface area contributed by atoms with Gasteiger partial charge in [-0.05, 0) is 38.6 Å². The van der Waals surface area contributed by atoms with E-state index in [1.165, 1.54) is 24.1 Å². The number of allylic oxidation sites excluding steroid dienone is 3. The normalized spacial score (nSPS) is 25.7. The minimum Gasteiger partial charge on any atom is -0.387 e. The van der Waals surface area contributed by atoms with Crippen LogP contribution in [0.2, 0.25) is 13.6 Å². The summed E-state index contributed by atoms with van der Waals surface area (Å²) in [5.74, 6) is 0. The lowest BCUT2D eigenvalue weighted by Gasteiger charge is -2.55. The molecular formula is C18H33B2N3. The average molecular weight is 313 g/mol. The minimum absolute atomic E-state index is 0.148. The second-order valence-corrected chi connectivity index (χ2v) is 7.63. The molecule has 3 nitrogen and oxygen atoms in total. The van der Waals surface area contributed by atoms with Gasteiger partial charge in [-0.1, -0.05) is 59.6 Å². The van der Waals surface area contributed by atoms with Crippen molar-refractivity contribution >= 4 is 14.0 Å². The van der Waals surface area contributed by atoms with Crippen molar-refractivity contribution in [3.63, 3.8) is 0 Å². The summed E-state index contributed by atoms with van der Waals surface area (Å²) in [5.41, 5.74) is 2.99. The number of hydrogen-bond donors (Lipinski definition) is 0. The molecule has 126 valence electrons. The van der Waals surface area contributed by atoms with E-state index in [0.717, 1.165) is 6.54 Å². The van der Waals surface area contributed by atoms with Crippen LogP contribution in [0.5, 0.6) is 0 Å². The predicted octanol–water partition coefficient (Wildman–Crippen LogP) is 3.95. The van der Waals surface area contributed by atoms with Crippen LogP contribution in [0.1, 0.15) is 40.5 Å². The van der Waals surface area contributed by atoms with E-state index in [2.05, 4.69) is 81.5 Å². The molecule has 0 aromatic heterocycles. The van der Waals surface area contributed by atoms with Gasteiger partial charge in [0.2, 0.25) is 0 Å². The van der Waals surface area contributed by atoms with Crippen LogP contribution < -0.4 is 0 Å². The van der Waals surface area contributed by atoms with Gasteiger partial charge < -0.3 is 14.3 Å². The molecule has 1 atom stereocenters. The highest BCUT2D eigenvalue weighted by molar-refractivity contribution is 6.70. The molecule has 23 heavy (non-hydrogen) atoms. The largest absolute Gasteiger partial charge is 0.387 e. The van der Waals surface area contributed by atoms with Crippen LogP contribution in [-0.2, 0) is 0 Å². The van der Waals surface area contributed by atoms with Gasteiger partial charge in [-0.3, -0.25) is 0 Å². The quantitative estimate of drug-likeness (QED) is 0.562. The highest BCUT2D eigenvalue weighted by Gasteiger charge is 2.55. The Bertz CT molecular complexity index is 512. The SMILES string of the molecule is C=C/C=C\C1=C(C)C(C)(C)C2N(C)B(C)N(CCCC)B(C)N12. The van der Waals surface area contributed by atoms with Gasteiger partial charge in [0.1, 0.15) is 0 Å². The third-order valence-electron chi connectivity index (χ3n) is 6.04. The zero-order valence-corrected chi connectivity index (χ0v) is 16.1. The zero-order valence-electron chi connectivity index (χ0n) is 16.1. The molecule has 1 unspecified atom stereocenters. The number of fused-ring (bicyclic) bond motifs is 1. The van der Waals surface area contributed by atoms with E-state index in [-0.39, 0.29) is 5.41 Å². The van der Waals surface area contributed by atoms with Crippen molar-refractivity contribution in [1.82, 2.24) is 14.3 Å². The van der Waals surface area contributed by atoms with Gasteiger partial charge in [-0.15, -0.1) is 0 Å². The first kappa shape index (κ1) is 18.4. The van der Waals surface area contributed by atoms with Crippen molar-refractivity contribution in [3.05, 3.63) is 36.1 Å². The van der Waals surface area contributed by atoms with Crippen molar-refractivity contribution in [2.75, 3.05) is 13.6 Å². The molecule has 0 bridgehead atoms. The number of hydrogen-bond acceptors (Lipinski definition) is 3. The summed E-state index contributed by atoms with van der Waals surface area (Å²) in [7, 11) is 2.28. The van der Waals surface area contributed by atoms with Gasteiger partial charge in [0.25, 0.3) is 6.98 Å². The summed E-state index contributed by atoms with van der Waals surface area (Å²) < 4.78 is 2.64. The van der Waals surface area contributed by atoms with Gasteiger partial charge in [0, 0.05) is 11.1 Å². The maximum atomic E-state index is 3.84. The maximum absolute atomic E-state index is 3.84. The molecule has 0 N–H and O–H groups in total. The smallest absolute Gasteiger partial charge is 0.330 e. The second kappa shape index (κ2) is 6.90. The Balaban J connectivity index is 2.44. The standard InChI is InChI=1S/C18H33B2N3/c1-9-11-13-16-15(3)18(4,5)17-21(8)19(6)22(14-12-10-2)20(7)23(16)17/h9,11,13,17H,1,10,12,14H2,2-8H3/b13-11-. The third kappa shape index (κ3) is 2.94. The molecule has 0 aromatic carbocycles. The minimum atomic E-state index is 0.148. The highest BCUT2D eigenvalue weighted by atomic mass is 15.4. The van der Waals surface area contributed by atoms with Crippen LogP contribution in [0.4, 0.5) is 0 Å². The summed E-state index contributed by atoms with van der Waals surface area (Å²) >= 11 is 0. The fourth-order valence-corrected chi connectivity index (χ4v) is 4.30. The van der Waals surface area contributed by atoms with E-state index >= 15 is 0 Å². The summed E-state index contributed by atoms with van der Waals surface area (Å²) in [5, 5.41) is 0. The van der Waals surface area contributed by atoms with E-state index in [0.29, 0.717) is 20.1 Å². The predicted molar refractivity (Wildman–Crippen MR) is 104 cm³/mol.